The highest BCUT2D eigenvalue weighted by molar-refractivity contribution is 6.44. The predicted octanol–water partition coefficient (Wildman–Crippen LogP) is 3.13. The summed E-state index contributed by atoms with van der Waals surface area (Å²) >= 11 is 12.0. The average Bonchev–Trinajstić information content (AvgIpc) is 2.58. The number of carboxylic acid groups (broad SMARTS) is 1. The van der Waals surface area contributed by atoms with Crippen molar-refractivity contribution in [3.63, 3.8) is 0 Å². The summed E-state index contributed by atoms with van der Waals surface area (Å²) in [4.78, 5) is 16.9. The van der Waals surface area contributed by atoms with Gasteiger partial charge in [0, 0.05) is 0 Å². The lowest BCUT2D eigenvalue weighted by atomic mass is 9.87. The molecule has 1 heterocycles. The first-order chi connectivity index (χ1) is 10.0. The van der Waals surface area contributed by atoms with Crippen LogP contribution in [-0.2, 0) is 4.74 Å². The number of amides is 1. The molecule has 1 amide bonds. The number of halogens is 2. The number of rotatable bonds is 3. The van der Waals surface area contributed by atoms with Crippen LogP contribution < -0.4 is 10.0 Å². The van der Waals surface area contributed by atoms with Gasteiger partial charge in [0.1, 0.15) is 18.2 Å². The Morgan fingerprint density at radius 2 is 1.95 bits per heavy atom. The van der Waals surface area contributed by atoms with Crippen LogP contribution in [0.4, 0.5) is 10.5 Å². The van der Waals surface area contributed by atoms with E-state index in [1.165, 1.54) is 0 Å². The molecular formula is C15H17Cl2N2O3-. The van der Waals surface area contributed by atoms with E-state index >= 15 is 0 Å². The minimum absolute atomic E-state index is 0.0880. The van der Waals surface area contributed by atoms with Gasteiger partial charge in [-0.2, -0.15) is 0 Å². The predicted molar refractivity (Wildman–Crippen MR) is 85.9 cm³/mol. The number of ether oxygens (including phenoxy) is 1. The molecule has 0 atom stereocenters. The van der Waals surface area contributed by atoms with Gasteiger partial charge in [-0.05, 0) is 39.8 Å². The van der Waals surface area contributed by atoms with Crippen molar-refractivity contribution in [1.29, 1.82) is 0 Å². The Morgan fingerprint density at radius 3 is 2.45 bits per heavy atom. The molecular weight excluding hydrogens is 327 g/mol. The first-order valence-electron chi connectivity index (χ1n) is 6.75. The molecule has 1 aromatic rings. The van der Waals surface area contributed by atoms with Gasteiger partial charge in [-0.25, -0.2) is 4.99 Å². The second-order valence-electron chi connectivity index (χ2n) is 6.10. The van der Waals surface area contributed by atoms with E-state index < -0.39 is 17.2 Å². The highest BCUT2D eigenvalue weighted by Gasteiger charge is 2.45. The molecule has 0 radical (unpaired) electrons. The van der Waals surface area contributed by atoms with Gasteiger partial charge in [-0.3, -0.25) is 0 Å². The molecule has 2 rings (SSSR count). The summed E-state index contributed by atoms with van der Waals surface area (Å²) in [6.45, 7) is 7.57. The molecule has 0 unspecified atom stereocenters. The lowest BCUT2D eigenvalue weighted by Crippen LogP contribution is -2.45. The van der Waals surface area contributed by atoms with Crippen molar-refractivity contribution in [2.75, 3.05) is 11.4 Å². The Labute approximate surface area is 139 Å². The van der Waals surface area contributed by atoms with Crippen LogP contribution in [0.2, 0.25) is 10.0 Å². The molecule has 1 aromatic carbocycles. The molecule has 0 saturated heterocycles. The third-order valence-corrected chi connectivity index (χ3v) is 4.80. The van der Waals surface area contributed by atoms with Crippen LogP contribution in [0.15, 0.2) is 23.2 Å². The van der Waals surface area contributed by atoms with E-state index in [2.05, 4.69) is 4.99 Å². The summed E-state index contributed by atoms with van der Waals surface area (Å²) in [5, 5.41) is 11.9. The third-order valence-electron chi connectivity index (χ3n) is 3.99. The summed E-state index contributed by atoms with van der Waals surface area (Å²) < 4.78 is 5.78. The monoisotopic (exact) mass is 343 g/mol. The van der Waals surface area contributed by atoms with Gasteiger partial charge in [0.25, 0.3) is 0 Å². The van der Waals surface area contributed by atoms with Crippen LogP contribution in [0.3, 0.4) is 0 Å². The molecule has 0 aromatic heterocycles. The Balaban J connectivity index is 2.33. The van der Waals surface area contributed by atoms with Crippen molar-refractivity contribution >= 4 is 40.9 Å². The maximum Gasteiger partial charge on any atom is 0.205 e. The van der Waals surface area contributed by atoms with Crippen LogP contribution in [-0.4, -0.2) is 29.7 Å². The molecule has 0 spiro atoms. The van der Waals surface area contributed by atoms with Gasteiger partial charge in [-0.1, -0.05) is 29.3 Å². The molecule has 7 heteroatoms. The number of benzene rings is 1. The van der Waals surface area contributed by atoms with Gasteiger partial charge in [0.2, 0.25) is 5.90 Å². The largest absolute Gasteiger partial charge is 0.530 e. The summed E-state index contributed by atoms with van der Waals surface area (Å²) in [5.41, 5.74) is -0.751. The van der Waals surface area contributed by atoms with Crippen LogP contribution in [0.1, 0.15) is 27.7 Å². The van der Waals surface area contributed by atoms with Crippen LogP contribution in [0, 0.1) is 0 Å². The number of carbonyl (C=O) groups excluding carboxylic acids is 1. The fourth-order valence-electron chi connectivity index (χ4n) is 2.04. The van der Waals surface area contributed by atoms with Gasteiger partial charge in [0.05, 0.1) is 21.3 Å². The number of aliphatic imine (C=N–C) groups is 1. The van der Waals surface area contributed by atoms with E-state index in [-0.39, 0.29) is 22.3 Å². The first kappa shape index (κ1) is 16.9. The molecule has 5 nitrogen and oxygen atoms in total. The average molecular weight is 344 g/mol. The number of hydrogen-bond acceptors (Lipinski definition) is 4. The van der Waals surface area contributed by atoms with E-state index in [0.717, 1.165) is 4.90 Å². The third kappa shape index (κ3) is 3.01. The van der Waals surface area contributed by atoms with Crippen LogP contribution in [0.25, 0.3) is 0 Å². The lowest BCUT2D eigenvalue weighted by Gasteiger charge is -2.31. The molecule has 1 aliphatic heterocycles. The Kier molecular flexibility index (Phi) is 4.33. The van der Waals surface area contributed by atoms with E-state index in [9.17, 15) is 9.90 Å². The van der Waals surface area contributed by atoms with Crippen molar-refractivity contribution in [3.05, 3.63) is 28.2 Å². The SMILES string of the molecule is CC1(C)N=C(CN(C(=O)[O-])c2cccc(Cl)c2Cl)OC1(C)C. The molecule has 1 aliphatic rings. The Hall–Kier alpha value is -1.46. The van der Waals surface area contributed by atoms with Crippen molar-refractivity contribution in [1.82, 2.24) is 0 Å². The second kappa shape index (κ2) is 5.63. The second-order valence-corrected chi connectivity index (χ2v) is 6.89. The number of carbonyl (C=O) groups is 1. The maximum atomic E-state index is 11.5. The fraction of sp³-hybridized carbons (Fsp3) is 0.467. The van der Waals surface area contributed by atoms with Crippen molar-refractivity contribution in [3.8, 4) is 0 Å². The zero-order chi connectivity index (χ0) is 16.7. The highest BCUT2D eigenvalue weighted by atomic mass is 35.5. The van der Waals surface area contributed by atoms with Gasteiger partial charge < -0.3 is 19.5 Å². The van der Waals surface area contributed by atoms with E-state index in [4.69, 9.17) is 27.9 Å². The summed E-state index contributed by atoms with van der Waals surface area (Å²) in [5.74, 6) is 0.315. The number of nitrogens with zero attached hydrogens (tertiary/aromatic N) is 2. The highest BCUT2D eigenvalue weighted by Crippen LogP contribution is 2.36. The molecule has 0 N–H and O–H groups in total. The standard InChI is InChI=1S/C15H18Cl2N2O3/c1-14(2)15(3,4)22-11(18-14)8-19(13(20)21)10-7-5-6-9(16)12(10)17/h5-7H,8H2,1-4H3,(H,20,21)/p-1. The Morgan fingerprint density at radius 1 is 1.32 bits per heavy atom. The smallest absolute Gasteiger partial charge is 0.205 e. The quantitative estimate of drug-likeness (QED) is 0.846. The van der Waals surface area contributed by atoms with E-state index in [1.54, 1.807) is 18.2 Å². The zero-order valence-electron chi connectivity index (χ0n) is 12.8. The minimum atomic E-state index is -1.40. The minimum Gasteiger partial charge on any atom is -0.530 e. The lowest BCUT2D eigenvalue weighted by molar-refractivity contribution is -0.246. The number of hydrogen-bond donors (Lipinski definition) is 0. The molecule has 0 fully saturated rings. The Bertz CT molecular complexity index is 642. The molecule has 22 heavy (non-hydrogen) atoms. The topological polar surface area (TPSA) is 65.0 Å². The van der Waals surface area contributed by atoms with Gasteiger partial charge >= 0.3 is 0 Å². The van der Waals surface area contributed by atoms with Crippen LogP contribution in [0.5, 0.6) is 0 Å². The maximum absolute atomic E-state index is 11.5. The van der Waals surface area contributed by atoms with Gasteiger partial charge in [0.15, 0.2) is 0 Å². The number of anilines is 1. The fourth-order valence-corrected chi connectivity index (χ4v) is 2.44. The van der Waals surface area contributed by atoms with E-state index in [1.807, 2.05) is 27.7 Å². The van der Waals surface area contributed by atoms with Crippen molar-refractivity contribution in [2.24, 2.45) is 4.99 Å². The zero-order valence-corrected chi connectivity index (χ0v) is 14.3. The molecule has 0 aliphatic carbocycles. The normalized spacial score (nSPS) is 18.5. The van der Waals surface area contributed by atoms with Crippen LogP contribution >= 0.6 is 23.2 Å². The van der Waals surface area contributed by atoms with E-state index in [0.29, 0.717) is 5.90 Å². The summed E-state index contributed by atoms with van der Waals surface area (Å²) in [6.07, 6.45) is -1.40. The van der Waals surface area contributed by atoms with Gasteiger partial charge in [-0.15, -0.1) is 0 Å². The van der Waals surface area contributed by atoms with Crippen molar-refractivity contribution < 1.29 is 14.6 Å². The molecule has 0 bridgehead atoms. The summed E-state index contributed by atoms with van der Waals surface area (Å²) in [7, 11) is 0. The summed E-state index contributed by atoms with van der Waals surface area (Å²) in [6, 6.07) is 4.75. The molecule has 120 valence electrons. The van der Waals surface area contributed by atoms with Crippen molar-refractivity contribution in [2.45, 2.75) is 38.8 Å². The first-order valence-corrected chi connectivity index (χ1v) is 7.51. The molecule has 0 saturated carbocycles.